The number of benzene rings is 1. The summed E-state index contributed by atoms with van der Waals surface area (Å²) in [5.74, 6) is -0.219. The number of likely N-dealkylation sites (tertiary alicyclic amines) is 1. The number of amides is 1. The first kappa shape index (κ1) is 12.7. The lowest BCUT2D eigenvalue weighted by atomic mass is 10.1. The molecule has 1 aliphatic rings. The summed E-state index contributed by atoms with van der Waals surface area (Å²) in [6.45, 7) is 1.54. The molecule has 0 aromatic heterocycles. The smallest absolute Gasteiger partial charge is 0.238 e. The van der Waals surface area contributed by atoms with Gasteiger partial charge in [0.1, 0.15) is 11.6 Å². The van der Waals surface area contributed by atoms with Crippen molar-refractivity contribution in [2.24, 2.45) is 0 Å². The van der Waals surface area contributed by atoms with Crippen LogP contribution >= 0.6 is 0 Å². The van der Waals surface area contributed by atoms with Gasteiger partial charge in [-0.25, -0.2) is 4.39 Å². The molecule has 0 bridgehead atoms. The third kappa shape index (κ3) is 3.63. The molecule has 2 rings (SSSR count). The number of piperidine rings is 1. The molecule has 1 amide bonds. The molecule has 0 radical (unpaired) electrons. The van der Waals surface area contributed by atoms with Gasteiger partial charge in [0.05, 0.1) is 6.54 Å². The second-order valence-electron chi connectivity index (χ2n) is 4.37. The van der Waals surface area contributed by atoms with Crippen molar-refractivity contribution in [1.82, 2.24) is 4.90 Å². The summed E-state index contributed by atoms with van der Waals surface area (Å²) < 4.78 is 12.7. The van der Waals surface area contributed by atoms with Crippen LogP contribution in [0.5, 0.6) is 0 Å². The number of carbonyl (C=O) groups is 2. The zero-order valence-electron chi connectivity index (χ0n) is 9.99. The Hall–Kier alpha value is -1.75. The Kier molecular flexibility index (Phi) is 4.04. The minimum absolute atomic E-state index is 0.143. The predicted molar refractivity (Wildman–Crippen MR) is 65.7 cm³/mol. The van der Waals surface area contributed by atoms with Crippen molar-refractivity contribution in [3.05, 3.63) is 30.1 Å². The van der Waals surface area contributed by atoms with Crippen molar-refractivity contribution in [2.75, 3.05) is 25.0 Å². The molecule has 4 nitrogen and oxygen atoms in total. The van der Waals surface area contributed by atoms with Crippen molar-refractivity contribution in [2.45, 2.75) is 12.8 Å². The molecule has 0 unspecified atom stereocenters. The van der Waals surface area contributed by atoms with Gasteiger partial charge in [-0.05, 0) is 24.3 Å². The van der Waals surface area contributed by atoms with Crippen LogP contribution in [0, 0.1) is 5.82 Å². The molecule has 1 aromatic rings. The third-order valence-electron chi connectivity index (χ3n) is 2.91. The Morgan fingerprint density at radius 2 is 1.83 bits per heavy atom. The molecule has 0 atom stereocenters. The van der Waals surface area contributed by atoms with Gasteiger partial charge in [-0.15, -0.1) is 0 Å². The predicted octanol–water partition coefficient (Wildman–Crippen LogP) is 1.43. The van der Waals surface area contributed by atoms with Gasteiger partial charge in [-0.3, -0.25) is 14.5 Å². The van der Waals surface area contributed by atoms with Crippen LogP contribution in [0.4, 0.5) is 10.1 Å². The van der Waals surface area contributed by atoms with E-state index in [1.807, 2.05) is 4.90 Å². The second-order valence-corrected chi connectivity index (χ2v) is 4.37. The van der Waals surface area contributed by atoms with Crippen molar-refractivity contribution in [3.63, 3.8) is 0 Å². The lowest BCUT2D eigenvalue weighted by molar-refractivity contribution is -0.124. The number of carbonyl (C=O) groups excluding carboxylic acids is 2. The number of Topliss-reactive ketones (excluding diaryl/α,β-unsaturated/α-hetero) is 1. The summed E-state index contributed by atoms with van der Waals surface area (Å²) in [5.41, 5.74) is 0.578. The molecule has 1 aliphatic heterocycles. The third-order valence-corrected chi connectivity index (χ3v) is 2.91. The number of nitrogens with zero attached hydrogens (tertiary/aromatic N) is 1. The van der Waals surface area contributed by atoms with Gasteiger partial charge in [0, 0.05) is 31.6 Å². The summed E-state index contributed by atoms with van der Waals surface area (Å²) >= 11 is 0. The highest BCUT2D eigenvalue weighted by atomic mass is 19.1. The number of halogens is 1. The molecule has 0 saturated carbocycles. The Labute approximate surface area is 105 Å². The van der Waals surface area contributed by atoms with E-state index >= 15 is 0 Å². The van der Waals surface area contributed by atoms with E-state index in [0.29, 0.717) is 31.6 Å². The maximum atomic E-state index is 12.7. The van der Waals surface area contributed by atoms with Crippen LogP contribution in [0.15, 0.2) is 24.3 Å². The topological polar surface area (TPSA) is 49.4 Å². The van der Waals surface area contributed by atoms with Crippen LogP contribution in [-0.2, 0) is 9.59 Å². The molecule has 0 spiro atoms. The van der Waals surface area contributed by atoms with Gasteiger partial charge in [0.2, 0.25) is 5.91 Å². The lowest BCUT2D eigenvalue weighted by Gasteiger charge is -2.24. The van der Waals surface area contributed by atoms with E-state index in [0.717, 1.165) is 0 Å². The number of hydrogen-bond acceptors (Lipinski definition) is 3. The highest BCUT2D eigenvalue weighted by molar-refractivity contribution is 5.92. The van der Waals surface area contributed by atoms with Crippen molar-refractivity contribution in [3.8, 4) is 0 Å². The first-order valence-corrected chi connectivity index (χ1v) is 5.93. The Balaban J connectivity index is 1.81. The molecule has 1 N–H and O–H groups in total. The molecule has 18 heavy (non-hydrogen) atoms. The van der Waals surface area contributed by atoms with Crippen molar-refractivity contribution >= 4 is 17.4 Å². The molecule has 1 aromatic carbocycles. The highest BCUT2D eigenvalue weighted by Crippen LogP contribution is 2.09. The number of ketones is 1. The molecule has 1 fully saturated rings. The van der Waals surface area contributed by atoms with E-state index < -0.39 is 0 Å². The summed E-state index contributed by atoms with van der Waals surface area (Å²) in [4.78, 5) is 24.7. The molecule has 0 aliphatic carbocycles. The maximum Gasteiger partial charge on any atom is 0.238 e. The number of rotatable bonds is 3. The van der Waals surface area contributed by atoms with Gasteiger partial charge < -0.3 is 5.32 Å². The largest absolute Gasteiger partial charge is 0.325 e. The van der Waals surface area contributed by atoms with E-state index in [1.54, 1.807) is 0 Å². The summed E-state index contributed by atoms with van der Waals surface area (Å²) in [6.07, 6.45) is 1.04. The van der Waals surface area contributed by atoms with Gasteiger partial charge >= 0.3 is 0 Å². The SMILES string of the molecule is O=C1CCN(CC(=O)Nc2ccc(F)cc2)CC1. The van der Waals surface area contributed by atoms with Crippen LogP contribution < -0.4 is 5.32 Å². The van der Waals surface area contributed by atoms with Gasteiger partial charge in [0.15, 0.2) is 0 Å². The van der Waals surface area contributed by atoms with Crippen LogP contribution in [0.25, 0.3) is 0 Å². The standard InChI is InChI=1S/C13H15FN2O2/c14-10-1-3-11(4-2-10)15-13(18)9-16-7-5-12(17)6-8-16/h1-4H,5-9H2,(H,15,18). The lowest BCUT2D eigenvalue weighted by Crippen LogP contribution is -2.39. The van der Waals surface area contributed by atoms with E-state index in [-0.39, 0.29) is 24.1 Å². The number of hydrogen-bond donors (Lipinski definition) is 1. The monoisotopic (exact) mass is 250 g/mol. The minimum atomic E-state index is -0.331. The van der Waals surface area contributed by atoms with E-state index in [4.69, 9.17) is 0 Å². The van der Waals surface area contributed by atoms with Gasteiger partial charge in [-0.2, -0.15) is 0 Å². The molecule has 96 valence electrons. The first-order chi connectivity index (χ1) is 8.63. The molecule has 1 saturated heterocycles. The van der Waals surface area contributed by atoms with Crippen LogP contribution in [0.3, 0.4) is 0 Å². The molecule has 5 heteroatoms. The molecular formula is C13H15FN2O2. The Morgan fingerprint density at radius 1 is 1.22 bits per heavy atom. The van der Waals surface area contributed by atoms with Crippen LogP contribution in [-0.4, -0.2) is 36.2 Å². The van der Waals surface area contributed by atoms with E-state index in [1.165, 1.54) is 24.3 Å². The van der Waals surface area contributed by atoms with Crippen LogP contribution in [0.2, 0.25) is 0 Å². The number of nitrogens with one attached hydrogen (secondary N) is 1. The van der Waals surface area contributed by atoms with Crippen LogP contribution in [0.1, 0.15) is 12.8 Å². The fourth-order valence-electron chi connectivity index (χ4n) is 1.90. The summed E-state index contributed by atoms with van der Waals surface area (Å²) in [5, 5.41) is 2.70. The molecular weight excluding hydrogens is 235 g/mol. The Morgan fingerprint density at radius 3 is 2.44 bits per heavy atom. The zero-order chi connectivity index (χ0) is 13.0. The maximum absolute atomic E-state index is 12.7. The number of anilines is 1. The average Bonchev–Trinajstić information content (AvgIpc) is 2.35. The fraction of sp³-hybridized carbons (Fsp3) is 0.385. The zero-order valence-corrected chi connectivity index (χ0v) is 9.99. The first-order valence-electron chi connectivity index (χ1n) is 5.93. The van der Waals surface area contributed by atoms with E-state index in [2.05, 4.69) is 5.32 Å². The normalized spacial score (nSPS) is 16.6. The second kappa shape index (κ2) is 5.73. The van der Waals surface area contributed by atoms with E-state index in [9.17, 15) is 14.0 Å². The quantitative estimate of drug-likeness (QED) is 0.882. The van der Waals surface area contributed by atoms with Gasteiger partial charge in [0.25, 0.3) is 0 Å². The summed E-state index contributed by atoms with van der Waals surface area (Å²) in [7, 11) is 0. The Bertz CT molecular complexity index is 435. The van der Waals surface area contributed by atoms with Crippen molar-refractivity contribution < 1.29 is 14.0 Å². The fourth-order valence-corrected chi connectivity index (χ4v) is 1.90. The van der Waals surface area contributed by atoms with Gasteiger partial charge in [-0.1, -0.05) is 0 Å². The average molecular weight is 250 g/mol. The summed E-state index contributed by atoms with van der Waals surface area (Å²) in [6, 6.07) is 5.64. The molecule has 1 heterocycles. The highest BCUT2D eigenvalue weighted by Gasteiger charge is 2.18. The van der Waals surface area contributed by atoms with Crippen molar-refractivity contribution in [1.29, 1.82) is 0 Å². The minimum Gasteiger partial charge on any atom is -0.325 e.